The van der Waals surface area contributed by atoms with E-state index in [1.165, 1.54) is 10.4 Å². The van der Waals surface area contributed by atoms with E-state index in [4.69, 9.17) is 0 Å². The summed E-state index contributed by atoms with van der Waals surface area (Å²) < 4.78 is 0. The highest BCUT2D eigenvalue weighted by Crippen LogP contribution is 2.23. The van der Waals surface area contributed by atoms with Crippen molar-refractivity contribution in [3.63, 3.8) is 0 Å². The van der Waals surface area contributed by atoms with Crippen molar-refractivity contribution in [2.24, 2.45) is 0 Å². The minimum Gasteiger partial charge on any atom is -0.378 e. The fourth-order valence-corrected chi connectivity index (χ4v) is 2.34. The number of nitrogens with one attached hydrogen (secondary N) is 1. The molecule has 0 radical (unpaired) electrons. The summed E-state index contributed by atoms with van der Waals surface area (Å²) in [6.45, 7) is 6.29. The Morgan fingerprint density at radius 3 is 2.44 bits per heavy atom. The monoisotopic (exact) mass is 232 g/mol. The fraction of sp³-hybridized carbons (Fsp3) is 0.308. The molecule has 0 aliphatic heterocycles. The lowest BCUT2D eigenvalue weighted by Gasteiger charge is -2.13. The van der Waals surface area contributed by atoms with Gasteiger partial charge in [-0.25, -0.2) is 4.98 Å². The second kappa shape index (κ2) is 4.66. The van der Waals surface area contributed by atoms with Crippen LogP contribution in [0, 0.1) is 13.8 Å². The molecule has 2 rings (SSSR count). The summed E-state index contributed by atoms with van der Waals surface area (Å²) in [4.78, 5) is 5.55. The second-order valence-corrected chi connectivity index (χ2v) is 5.28. The highest BCUT2D eigenvalue weighted by molar-refractivity contribution is 7.11. The number of aryl methyl sites for hydroxylation is 2. The van der Waals surface area contributed by atoms with Crippen LogP contribution in [0.2, 0.25) is 0 Å². The fourth-order valence-electron chi connectivity index (χ4n) is 1.55. The molecule has 2 aromatic rings. The van der Waals surface area contributed by atoms with E-state index in [1.807, 2.05) is 13.1 Å². The number of thiazole rings is 1. The van der Waals surface area contributed by atoms with Crippen LogP contribution in [0.5, 0.6) is 0 Å². The first-order chi connectivity index (χ1) is 7.65. The normalized spacial score (nSPS) is 12.4. The highest BCUT2D eigenvalue weighted by Gasteiger charge is 2.07. The first kappa shape index (κ1) is 11.1. The average Bonchev–Trinajstić information content (AvgIpc) is 2.68. The zero-order valence-corrected chi connectivity index (χ0v) is 10.6. The van der Waals surface area contributed by atoms with Crippen molar-refractivity contribution < 1.29 is 0 Å². The Labute approximate surface area is 100 Å². The predicted octanol–water partition coefficient (Wildman–Crippen LogP) is 3.93. The van der Waals surface area contributed by atoms with Crippen LogP contribution in [0.1, 0.15) is 28.4 Å². The molecule has 1 N–H and O–H groups in total. The van der Waals surface area contributed by atoms with Crippen LogP contribution in [-0.4, -0.2) is 4.98 Å². The number of hydrogen-bond acceptors (Lipinski definition) is 3. The Balaban J connectivity index is 2.07. The van der Waals surface area contributed by atoms with Gasteiger partial charge < -0.3 is 5.32 Å². The van der Waals surface area contributed by atoms with Crippen molar-refractivity contribution in [1.82, 2.24) is 4.98 Å². The molecule has 0 aliphatic carbocycles. The Morgan fingerprint density at radius 1 is 1.19 bits per heavy atom. The SMILES string of the molecule is Cc1ccc(NC(C)c2cnc(C)s2)cc1. The largest absolute Gasteiger partial charge is 0.378 e. The van der Waals surface area contributed by atoms with Gasteiger partial charge in [0.05, 0.1) is 11.0 Å². The third-order valence-electron chi connectivity index (χ3n) is 2.50. The summed E-state index contributed by atoms with van der Waals surface area (Å²) in [6.07, 6.45) is 1.95. The Hall–Kier alpha value is -1.35. The van der Waals surface area contributed by atoms with E-state index in [2.05, 4.69) is 48.4 Å². The van der Waals surface area contributed by atoms with Gasteiger partial charge in [-0.2, -0.15) is 0 Å². The quantitative estimate of drug-likeness (QED) is 0.867. The minimum atomic E-state index is 0.314. The van der Waals surface area contributed by atoms with Crippen LogP contribution in [0.15, 0.2) is 30.5 Å². The molecule has 1 unspecified atom stereocenters. The average molecular weight is 232 g/mol. The first-order valence-corrected chi connectivity index (χ1v) is 6.22. The standard InChI is InChI=1S/C13H16N2S/c1-9-4-6-12(7-5-9)15-10(2)13-8-14-11(3)16-13/h4-8,10,15H,1-3H3. The maximum atomic E-state index is 4.27. The minimum absolute atomic E-state index is 0.314. The van der Waals surface area contributed by atoms with Gasteiger partial charge in [-0.1, -0.05) is 17.7 Å². The summed E-state index contributed by atoms with van der Waals surface area (Å²) in [5.74, 6) is 0. The Bertz CT molecular complexity index is 459. The van der Waals surface area contributed by atoms with Crippen molar-refractivity contribution in [2.75, 3.05) is 5.32 Å². The van der Waals surface area contributed by atoms with Crippen molar-refractivity contribution >= 4 is 17.0 Å². The zero-order valence-electron chi connectivity index (χ0n) is 9.82. The lowest BCUT2D eigenvalue weighted by molar-refractivity contribution is 0.903. The maximum Gasteiger partial charge on any atom is 0.0897 e. The number of rotatable bonds is 3. The van der Waals surface area contributed by atoms with Crippen molar-refractivity contribution in [1.29, 1.82) is 0 Å². The van der Waals surface area contributed by atoms with Gasteiger partial charge in [0.1, 0.15) is 0 Å². The van der Waals surface area contributed by atoms with Gasteiger partial charge in [0.25, 0.3) is 0 Å². The molecule has 1 aromatic carbocycles. The van der Waals surface area contributed by atoms with E-state index in [0.717, 1.165) is 10.7 Å². The number of aromatic nitrogens is 1. The highest BCUT2D eigenvalue weighted by atomic mass is 32.1. The van der Waals surface area contributed by atoms with E-state index >= 15 is 0 Å². The third-order valence-corrected chi connectivity index (χ3v) is 3.60. The molecule has 1 aromatic heterocycles. The number of hydrogen-bond donors (Lipinski definition) is 1. The van der Waals surface area contributed by atoms with E-state index in [9.17, 15) is 0 Å². The molecule has 84 valence electrons. The molecule has 0 bridgehead atoms. The molecule has 0 spiro atoms. The Kier molecular flexibility index (Phi) is 3.25. The van der Waals surface area contributed by atoms with E-state index in [-0.39, 0.29) is 0 Å². The molecule has 0 aliphatic rings. The molecule has 0 fully saturated rings. The molecule has 1 heterocycles. The number of benzene rings is 1. The van der Waals surface area contributed by atoms with Crippen LogP contribution < -0.4 is 5.32 Å². The smallest absolute Gasteiger partial charge is 0.0897 e. The summed E-state index contributed by atoms with van der Waals surface area (Å²) in [6, 6.07) is 8.77. The predicted molar refractivity (Wildman–Crippen MR) is 70.1 cm³/mol. The molecule has 16 heavy (non-hydrogen) atoms. The third kappa shape index (κ3) is 2.61. The van der Waals surface area contributed by atoms with Gasteiger partial charge >= 0.3 is 0 Å². The van der Waals surface area contributed by atoms with Crippen LogP contribution in [0.4, 0.5) is 5.69 Å². The summed E-state index contributed by atoms with van der Waals surface area (Å²) in [7, 11) is 0. The molecule has 0 saturated carbocycles. The Morgan fingerprint density at radius 2 is 1.88 bits per heavy atom. The van der Waals surface area contributed by atoms with Crippen LogP contribution in [-0.2, 0) is 0 Å². The lowest BCUT2D eigenvalue weighted by atomic mass is 10.2. The number of nitrogens with zero attached hydrogens (tertiary/aromatic N) is 1. The van der Waals surface area contributed by atoms with Crippen molar-refractivity contribution in [3.05, 3.63) is 45.9 Å². The molecule has 0 amide bonds. The maximum absolute atomic E-state index is 4.27. The summed E-state index contributed by atoms with van der Waals surface area (Å²) in [5.41, 5.74) is 2.44. The summed E-state index contributed by atoms with van der Waals surface area (Å²) in [5, 5.41) is 4.59. The molecule has 3 heteroatoms. The number of anilines is 1. The van der Waals surface area contributed by atoms with Gasteiger partial charge in [0.2, 0.25) is 0 Å². The van der Waals surface area contributed by atoms with Gasteiger partial charge in [0, 0.05) is 16.8 Å². The van der Waals surface area contributed by atoms with E-state index in [1.54, 1.807) is 11.3 Å². The van der Waals surface area contributed by atoms with Gasteiger partial charge in [-0.05, 0) is 32.9 Å². The molecular weight excluding hydrogens is 216 g/mol. The topological polar surface area (TPSA) is 24.9 Å². The lowest BCUT2D eigenvalue weighted by Crippen LogP contribution is -2.04. The molecule has 1 atom stereocenters. The van der Waals surface area contributed by atoms with Gasteiger partial charge in [-0.15, -0.1) is 11.3 Å². The summed E-state index contributed by atoms with van der Waals surface area (Å²) >= 11 is 1.74. The van der Waals surface area contributed by atoms with Gasteiger partial charge in [0.15, 0.2) is 0 Å². The van der Waals surface area contributed by atoms with Crippen molar-refractivity contribution in [3.8, 4) is 0 Å². The van der Waals surface area contributed by atoms with Crippen LogP contribution in [0.3, 0.4) is 0 Å². The molecule has 2 nitrogen and oxygen atoms in total. The van der Waals surface area contributed by atoms with Crippen LogP contribution >= 0.6 is 11.3 Å². The molecule has 0 saturated heterocycles. The van der Waals surface area contributed by atoms with Gasteiger partial charge in [-0.3, -0.25) is 0 Å². The van der Waals surface area contributed by atoms with E-state index in [0.29, 0.717) is 6.04 Å². The second-order valence-electron chi connectivity index (χ2n) is 4.01. The van der Waals surface area contributed by atoms with Crippen molar-refractivity contribution in [2.45, 2.75) is 26.8 Å². The first-order valence-electron chi connectivity index (χ1n) is 5.40. The zero-order chi connectivity index (χ0) is 11.5. The van der Waals surface area contributed by atoms with E-state index < -0.39 is 0 Å². The van der Waals surface area contributed by atoms with Crippen LogP contribution in [0.25, 0.3) is 0 Å². The molecular formula is C13H16N2S.